The SMILES string of the molecule is O=C(CN1CCC(n2c(=O)[nH]c3ccccc32)CC1)N1CCOC(c2ccc(F)cc2)C1. The van der Waals surface area contributed by atoms with Crippen LogP contribution in [0.2, 0.25) is 0 Å². The lowest BCUT2D eigenvalue weighted by atomic mass is 10.0. The van der Waals surface area contributed by atoms with E-state index in [1.165, 1.54) is 12.1 Å². The maximum Gasteiger partial charge on any atom is 0.326 e. The Balaban J connectivity index is 1.18. The van der Waals surface area contributed by atoms with Gasteiger partial charge in [0, 0.05) is 25.7 Å². The first kappa shape index (κ1) is 20.9. The first-order chi connectivity index (χ1) is 15.6. The molecule has 2 aliphatic heterocycles. The predicted octanol–water partition coefficient (Wildman–Crippen LogP) is 2.71. The van der Waals surface area contributed by atoms with E-state index in [1.807, 2.05) is 33.7 Å². The number of aromatic amines is 1. The summed E-state index contributed by atoms with van der Waals surface area (Å²) in [5.74, 6) is -0.195. The average Bonchev–Trinajstić information content (AvgIpc) is 3.16. The summed E-state index contributed by atoms with van der Waals surface area (Å²) in [5, 5.41) is 0. The highest BCUT2D eigenvalue weighted by Crippen LogP contribution is 2.26. The van der Waals surface area contributed by atoms with Gasteiger partial charge < -0.3 is 14.6 Å². The van der Waals surface area contributed by atoms with E-state index in [0.29, 0.717) is 26.2 Å². The average molecular weight is 439 g/mol. The number of piperidine rings is 1. The molecule has 32 heavy (non-hydrogen) atoms. The Morgan fingerprint density at radius 1 is 1.06 bits per heavy atom. The normalized spacial score (nSPS) is 20.7. The third-order valence-electron chi connectivity index (χ3n) is 6.57. The molecule has 7 nitrogen and oxygen atoms in total. The molecule has 5 rings (SSSR count). The number of nitrogens with one attached hydrogen (secondary N) is 1. The number of imidazole rings is 1. The molecular formula is C24H27FN4O3. The molecule has 0 radical (unpaired) electrons. The molecule has 8 heteroatoms. The monoisotopic (exact) mass is 438 g/mol. The summed E-state index contributed by atoms with van der Waals surface area (Å²) in [6, 6.07) is 14.2. The van der Waals surface area contributed by atoms with Crippen molar-refractivity contribution >= 4 is 16.9 Å². The van der Waals surface area contributed by atoms with Crippen LogP contribution in [0.5, 0.6) is 0 Å². The van der Waals surface area contributed by atoms with Crippen LogP contribution < -0.4 is 5.69 Å². The van der Waals surface area contributed by atoms with Gasteiger partial charge in [-0.3, -0.25) is 14.3 Å². The Kier molecular flexibility index (Phi) is 5.80. The van der Waals surface area contributed by atoms with Gasteiger partial charge in [0.05, 0.1) is 30.7 Å². The second-order valence-electron chi connectivity index (χ2n) is 8.58. The topological polar surface area (TPSA) is 70.6 Å². The van der Waals surface area contributed by atoms with Gasteiger partial charge in [-0.15, -0.1) is 0 Å². The Morgan fingerprint density at radius 3 is 2.59 bits per heavy atom. The molecule has 2 aliphatic rings. The van der Waals surface area contributed by atoms with Gasteiger partial charge in [0.2, 0.25) is 5.91 Å². The van der Waals surface area contributed by atoms with Crippen molar-refractivity contribution < 1.29 is 13.9 Å². The lowest BCUT2D eigenvalue weighted by Crippen LogP contribution is -2.48. The van der Waals surface area contributed by atoms with E-state index in [1.54, 1.807) is 12.1 Å². The van der Waals surface area contributed by atoms with Crippen LogP contribution in [0.25, 0.3) is 11.0 Å². The zero-order chi connectivity index (χ0) is 22.1. The fourth-order valence-electron chi connectivity index (χ4n) is 4.82. The summed E-state index contributed by atoms with van der Waals surface area (Å²) in [6.07, 6.45) is 1.43. The number of fused-ring (bicyclic) bond motifs is 1. The summed E-state index contributed by atoms with van der Waals surface area (Å²) >= 11 is 0. The molecule has 3 heterocycles. The number of rotatable bonds is 4. The molecule has 1 amide bonds. The number of benzene rings is 2. The molecule has 1 unspecified atom stereocenters. The predicted molar refractivity (Wildman–Crippen MR) is 119 cm³/mol. The minimum absolute atomic E-state index is 0.0686. The van der Waals surface area contributed by atoms with Crippen LogP contribution in [-0.4, -0.2) is 64.6 Å². The lowest BCUT2D eigenvalue weighted by Gasteiger charge is -2.36. The summed E-state index contributed by atoms with van der Waals surface area (Å²) < 4.78 is 20.9. The van der Waals surface area contributed by atoms with Crippen molar-refractivity contribution in [3.63, 3.8) is 0 Å². The van der Waals surface area contributed by atoms with E-state index >= 15 is 0 Å². The minimum Gasteiger partial charge on any atom is -0.370 e. The highest BCUT2D eigenvalue weighted by molar-refractivity contribution is 5.78. The third-order valence-corrected chi connectivity index (χ3v) is 6.57. The van der Waals surface area contributed by atoms with Crippen LogP contribution in [0, 0.1) is 5.82 Å². The maximum atomic E-state index is 13.2. The van der Waals surface area contributed by atoms with E-state index in [2.05, 4.69) is 9.88 Å². The first-order valence-electron chi connectivity index (χ1n) is 11.1. The van der Waals surface area contributed by atoms with Crippen molar-refractivity contribution in [2.45, 2.75) is 25.0 Å². The van der Waals surface area contributed by atoms with Gasteiger partial charge in [-0.05, 0) is 42.7 Å². The van der Waals surface area contributed by atoms with Gasteiger partial charge in [0.25, 0.3) is 0 Å². The smallest absolute Gasteiger partial charge is 0.326 e. The first-order valence-corrected chi connectivity index (χ1v) is 11.1. The molecule has 3 aromatic rings. The van der Waals surface area contributed by atoms with Crippen LogP contribution in [-0.2, 0) is 9.53 Å². The molecule has 1 N–H and O–H groups in total. The van der Waals surface area contributed by atoms with Crippen LogP contribution in [0.1, 0.15) is 30.6 Å². The number of carbonyl (C=O) groups is 1. The highest BCUT2D eigenvalue weighted by Gasteiger charge is 2.29. The second-order valence-corrected chi connectivity index (χ2v) is 8.58. The number of likely N-dealkylation sites (tertiary alicyclic amines) is 1. The standard InChI is InChI=1S/C24H27FN4O3/c25-18-7-5-17(6-8-18)22-15-28(13-14-32-22)23(30)16-27-11-9-19(10-12-27)29-21-4-2-1-3-20(21)26-24(29)31/h1-8,19,22H,9-16H2,(H,26,31). The fourth-order valence-corrected chi connectivity index (χ4v) is 4.82. The fraction of sp³-hybridized carbons (Fsp3) is 0.417. The number of hydrogen-bond donors (Lipinski definition) is 1. The summed E-state index contributed by atoms with van der Waals surface area (Å²) in [6.45, 7) is 3.43. The van der Waals surface area contributed by atoms with Gasteiger partial charge in [-0.2, -0.15) is 0 Å². The Hall–Kier alpha value is -2.97. The van der Waals surface area contributed by atoms with Crippen LogP contribution in [0.4, 0.5) is 4.39 Å². The van der Waals surface area contributed by atoms with Crippen LogP contribution >= 0.6 is 0 Å². The van der Waals surface area contributed by atoms with E-state index in [0.717, 1.165) is 42.5 Å². The molecule has 1 atom stereocenters. The van der Waals surface area contributed by atoms with Gasteiger partial charge in [0.1, 0.15) is 11.9 Å². The van der Waals surface area contributed by atoms with E-state index in [9.17, 15) is 14.0 Å². The Labute approximate surface area is 185 Å². The zero-order valence-electron chi connectivity index (χ0n) is 17.9. The van der Waals surface area contributed by atoms with Crippen molar-refractivity contribution in [2.24, 2.45) is 0 Å². The maximum absolute atomic E-state index is 13.2. The summed E-state index contributed by atoms with van der Waals surface area (Å²) in [5.41, 5.74) is 2.61. The Morgan fingerprint density at radius 2 is 1.81 bits per heavy atom. The van der Waals surface area contributed by atoms with Crippen molar-refractivity contribution in [3.05, 3.63) is 70.4 Å². The van der Waals surface area contributed by atoms with Crippen LogP contribution in [0.3, 0.4) is 0 Å². The largest absolute Gasteiger partial charge is 0.370 e. The number of halogens is 1. The second kappa shape index (κ2) is 8.88. The van der Waals surface area contributed by atoms with E-state index in [4.69, 9.17) is 4.74 Å². The number of morpholine rings is 1. The van der Waals surface area contributed by atoms with Gasteiger partial charge in [-0.1, -0.05) is 24.3 Å². The molecule has 0 bridgehead atoms. The van der Waals surface area contributed by atoms with Crippen molar-refractivity contribution in [1.82, 2.24) is 19.4 Å². The van der Waals surface area contributed by atoms with Crippen molar-refractivity contribution in [3.8, 4) is 0 Å². The molecule has 0 spiro atoms. The Bertz CT molecular complexity index is 1150. The lowest BCUT2D eigenvalue weighted by molar-refractivity contribution is -0.140. The number of H-pyrrole nitrogens is 1. The van der Waals surface area contributed by atoms with Crippen LogP contribution in [0.15, 0.2) is 53.3 Å². The molecule has 2 aromatic carbocycles. The molecule has 2 fully saturated rings. The van der Waals surface area contributed by atoms with Gasteiger partial charge in [0.15, 0.2) is 0 Å². The minimum atomic E-state index is -0.282. The van der Waals surface area contributed by atoms with Crippen molar-refractivity contribution in [2.75, 3.05) is 39.3 Å². The highest BCUT2D eigenvalue weighted by atomic mass is 19.1. The number of hydrogen-bond acceptors (Lipinski definition) is 4. The number of ether oxygens (including phenoxy) is 1. The summed E-state index contributed by atoms with van der Waals surface area (Å²) in [4.78, 5) is 32.4. The number of nitrogens with zero attached hydrogens (tertiary/aromatic N) is 3. The molecule has 0 aliphatic carbocycles. The number of amides is 1. The molecule has 0 saturated carbocycles. The number of carbonyl (C=O) groups excluding carboxylic acids is 1. The zero-order valence-corrected chi connectivity index (χ0v) is 17.9. The number of para-hydroxylation sites is 2. The van der Waals surface area contributed by atoms with E-state index in [-0.39, 0.29) is 29.6 Å². The summed E-state index contributed by atoms with van der Waals surface area (Å²) in [7, 11) is 0. The third kappa shape index (κ3) is 4.20. The quantitative estimate of drug-likeness (QED) is 0.680. The van der Waals surface area contributed by atoms with Crippen molar-refractivity contribution in [1.29, 1.82) is 0 Å². The molecule has 2 saturated heterocycles. The van der Waals surface area contributed by atoms with E-state index < -0.39 is 0 Å². The molecule has 168 valence electrons. The molecule has 1 aromatic heterocycles. The van der Waals surface area contributed by atoms with Gasteiger partial charge >= 0.3 is 5.69 Å². The van der Waals surface area contributed by atoms with Gasteiger partial charge in [-0.25, -0.2) is 9.18 Å². The molecular weight excluding hydrogens is 411 g/mol. The number of aromatic nitrogens is 2.